The number of hydrogen-bond donors (Lipinski definition) is 0. The maximum atomic E-state index is 2.46. The summed E-state index contributed by atoms with van der Waals surface area (Å²) in [5.74, 6) is 0. The molecule has 3 nitrogen and oxygen atoms in total. The SMILES string of the molecule is CN(c1ccc(-c2ccccc2)cc1)c1cccc2c(CN(c3ccc(-c4ccc(-c5ccc6c(N(C)c7ccccc7)cc7ccccc7c6c5)cc4)cc3)c3ccc4ccccc4c3)cccc12. The Balaban J connectivity index is 0.850. The van der Waals surface area contributed by atoms with Crippen molar-refractivity contribution in [3.63, 3.8) is 0 Å². The molecule has 0 fully saturated rings. The lowest BCUT2D eigenvalue weighted by atomic mass is 9.94. The highest BCUT2D eigenvalue weighted by atomic mass is 15.1. The van der Waals surface area contributed by atoms with Gasteiger partial charge in [-0.2, -0.15) is 0 Å². The van der Waals surface area contributed by atoms with Gasteiger partial charge >= 0.3 is 0 Å². The van der Waals surface area contributed by atoms with Gasteiger partial charge in [-0.25, -0.2) is 0 Å². The highest BCUT2D eigenvalue weighted by Gasteiger charge is 2.17. The molecule has 0 aliphatic rings. The molecule has 0 unspecified atom stereocenters. The predicted octanol–water partition coefficient (Wildman–Crippen LogP) is 18.2. The summed E-state index contributed by atoms with van der Waals surface area (Å²) in [6.45, 7) is 0.702. The number of fused-ring (bicyclic) bond motifs is 5. The summed E-state index contributed by atoms with van der Waals surface area (Å²) in [4.78, 5) is 7.05. The standard InChI is InChI=1S/C67H51N3/c1-68(58-37-31-50(32-38-58)47-15-5-3-6-16-47)66-26-14-24-62-56(20-13-25-63(62)66)46-70(60-41-35-48-17-9-10-18-53(48)43-60)59-39-33-51(34-40-59)49-27-29-52(30-28-49)54-36-42-64-65(44-54)61-23-12-11-19-55(61)45-67(64)69(2)57-21-7-4-8-22-57/h3-45H,46H2,1-2H3. The molecule has 0 saturated heterocycles. The van der Waals surface area contributed by atoms with E-state index in [4.69, 9.17) is 0 Å². The monoisotopic (exact) mass is 897 g/mol. The first-order valence-corrected chi connectivity index (χ1v) is 24.1. The van der Waals surface area contributed by atoms with E-state index >= 15 is 0 Å². The van der Waals surface area contributed by atoms with Crippen LogP contribution < -0.4 is 14.7 Å². The van der Waals surface area contributed by atoms with Gasteiger partial charge in [-0.05, 0) is 138 Å². The van der Waals surface area contributed by atoms with Crippen LogP contribution in [0.15, 0.2) is 261 Å². The second-order valence-corrected chi connectivity index (χ2v) is 18.3. The van der Waals surface area contributed by atoms with Crippen LogP contribution >= 0.6 is 0 Å². The minimum Gasteiger partial charge on any atom is -0.344 e. The van der Waals surface area contributed by atoms with Gasteiger partial charge in [0.25, 0.3) is 0 Å². The molecule has 0 saturated carbocycles. The van der Waals surface area contributed by atoms with Gasteiger partial charge in [0, 0.05) is 65.5 Å². The lowest BCUT2D eigenvalue weighted by molar-refractivity contribution is 0.986. The van der Waals surface area contributed by atoms with E-state index in [1.165, 1.54) is 93.4 Å². The van der Waals surface area contributed by atoms with Crippen molar-refractivity contribution in [2.24, 2.45) is 0 Å². The smallest absolute Gasteiger partial charge is 0.0494 e. The summed E-state index contributed by atoms with van der Waals surface area (Å²) in [5, 5.41) is 9.92. The Morgan fingerprint density at radius 3 is 1.47 bits per heavy atom. The van der Waals surface area contributed by atoms with Gasteiger partial charge in [-0.3, -0.25) is 0 Å². The second kappa shape index (κ2) is 18.3. The van der Waals surface area contributed by atoms with Gasteiger partial charge in [0.05, 0.1) is 0 Å². The van der Waals surface area contributed by atoms with Crippen LogP contribution in [0.5, 0.6) is 0 Å². The second-order valence-electron chi connectivity index (χ2n) is 18.3. The quantitative estimate of drug-likeness (QED) is 0.120. The van der Waals surface area contributed by atoms with Crippen molar-refractivity contribution in [2.45, 2.75) is 6.54 Å². The lowest BCUT2D eigenvalue weighted by Gasteiger charge is -2.27. The number of nitrogens with zero attached hydrogens (tertiary/aromatic N) is 3. The summed E-state index contributed by atoms with van der Waals surface area (Å²) in [5.41, 5.74) is 15.4. The largest absolute Gasteiger partial charge is 0.344 e. The highest BCUT2D eigenvalue weighted by molar-refractivity contribution is 6.14. The first kappa shape index (κ1) is 42.4. The molecule has 0 amide bonds. The van der Waals surface area contributed by atoms with Crippen molar-refractivity contribution in [3.05, 3.63) is 266 Å². The Morgan fingerprint density at radius 2 is 0.743 bits per heavy atom. The molecule has 12 aromatic rings. The van der Waals surface area contributed by atoms with E-state index in [0.29, 0.717) is 6.54 Å². The van der Waals surface area contributed by atoms with Crippen molar-refractivity contribution in [1.29, 1.82) is 0 Å². The molecule has 70 heavy (non-hydrogen) atoms. The number of hydrogen-bond acceptors (Lipinski definition) is 3. The zero-order valence-electron chi connectivity index (χ0n) is 39.4. The first-order valence-electron chi connectivity index (χ1n) is 24.1. The average Bonchev–Trinajstić information content (AvgIpc) is 3.44. The molecule has 3 heteroatoms. The molecule has 334 valence electrons. The maximum absolute atomic E-state index is 2.46. The van der Waals surface area contributed by atoms with Crippen molar-refractivity contribution in [1.82, 2.24) is 0 Å². The third-order valence-corrected chi connectivity index (χ3v) is 14.2. The molecular weight excluding hydrogens is 847 g/mol. The number of anilines is 6. The highest BCUT2D eigenvalue weighted by Crippen LogP contribution is 2.41. The van der Waals surface area contributed by atoms with Gasteiger partial charge < -0.3 is 14.7 Å². The van der Waals surface area contributed by atoms with E-state index in [0.717, 1.165) is 22.7 Å². The van der Waals surface area contributed by atoms with Crippen LogP contribution in [0.4, 0.5) is 34.1 Å². The van der Waals surface area contributed by atoms with Crippen molar-refractivity contribution in [3.8, 4) is 33.4 Å². The van der Waals surface area contributed by atoms with E-state index in [-0.39, 0.29) is 0 Å². The zero-order chi connectivity index (χ0) is 47.0. The molecule has 0 aliphatic heterocycles. The summed E-state index contributed by atoms with van der Waals surface area (Å²) in [7, 11) is 4.33. The third kappa shape index (κ3) is 8.08. The van der Waals surface area contributed by atoms with Crippen molar-refractivity contribution in [2.75, 3.05) is 28.8 Å². The van der Waals surface area contributed by atoms with Crippen molar-refractivity contribution < 1.29 is 0 Å². The topological polar surface area (TPSA) is 9.72 Å². The molecule has 0 heterocycles. The van der Waals surface area contributed by atoms with Crippen LogP contribution in [-0.2, 0) is 6.54 Å². The molecule has 12 rings (SSSR count). The molecule has 0 radical (unpaired) electrons. The van der Waals surface area contributed by atoms with Crippen LogP contribution in [-0.4, -0.2) is 14.1 Å². The lowest BCUT2D eigenvalue weighted by Crippen LogP contribution is -2.17. The molecule has 0 N–H and O–H groups in total. The molecular formula is C67H51N3. The van der Waals surface area contributed by atoms with E-state index in [9.17, 15) is 0 Å². The van der Waals surface area contributed by atoms with Gasteiger partial charge in [0.2, 0.25) is 0 Å². The van der Waals surface area contributed by atoms with Gasteiger partial charge in [-0.1, -0.05) is 194 Å². The summed E-state index contributed by atoms with van der Waals surface area (Å²) < 4.78 is 0. The number of benzene rings is 12. The Hall–Kier alpha value is -8.92. The molecule has 0 spiro atoms. The first-order chi connectivity index (χ1) is 34.5. The Labute approximate surface area is 410 Å². The van der Waals surface area contributed by atoms with Crippen LogP contribution in [0.3, 0.4) is 0 Å². The normalized spacial score (nSPS) is 11.3. The molecule has 0 atom stereocenters. The summed E-state index contributed by atoms with van der Waals surface area (Å²) in [6, 6.07) is 95.1. The Morgan fingerprint density at radius 1 is 0.257 bits per heavy atom. The Kier molecular flexibility index (Phi) is 11.1. The zero-order valence-corrected chi connectivity index (χ0v) is 39.4. The summed E-state index contributed by atoms with van der Waals surface area (Å²) in [6.07, 6.45) is 0. The number of rotatable bonds is 11. The fourth-order valence-electron chi connectivity index (χ4n) is 10.3. The van der Waals surface area contributed by atoms with E-state index in [1.807, 2.05) is 0 Å². The molecule has 0 aliphatic carbocycles. The van der Waals surface area contributed by atoms with E-state index in [1.54, 1.807) is 0 Å². The third-order valence-electron chi connectivity index (χ3n) is 14.2. The van der Waals surface area contributed by atoms with Crippen LogP contribution in [0.2, 0.25) is 0 Å². The van der Waals surface area contributed by atoms with Crippen LogP contribution in [0.1, 0.15) is 5.56 Å². The van der Waals surface area contributed by atoms with E-state index in [2.05, 4.69) is 290 Å². The van der Waals surface area contributed by atoms with Gasteiger partial charge in [0.1, 0.15) is 0 Å². The van der Waals surface area contributed by atoms with Crippen molar-refractivity contribution >= 4 is 77.2 Å². The van der Waals surface area contributed by atoms with Gasteiger partial charge in [-0.15, -0.1) is 0 Å². The predicted molar refractivity (Wildman–Crippen MR) is 301 cm³/mol. The molecule has 12 aromatic carbocycles. The minimum atomic E-state index is 0.702. The molecule has 0 aromatic heterocycles. The average molecular weight is 898 g/mol. The Bertz CT molecular complexity index is 3810. The fourth-order valence-corrected chi connectivity index (χ4v) is 10.3. The molecule has 0 bridgehead atoms. The van der Waals surface area contributed by atoms with E-state index < -0.39 is 0 Å². The van der Waals surface area contributed by atoms with Crippen LogP contribution in [0, 0.1) is 0 Å². The number of para-hydroxylation sites is 1. The van der Waals surface area contributed by atoms with Gasteiger partial charge in [0.15, 0.2) is 0 Å². The van der Waals surface area contributed by atoms with Crippen LogP contribution in [0.25, 0.3) is 76.5 Å². The fraction of sp³-hybridized carbons (Fsp3) is 0.0448. The minimum absolute atomic E-state index is 0.702. The summed E-state index contributed by atoms with van der Waals surface area (Å²) >= 11 is 0. The maximum Gasteiger partial charge on any atom is 0.0494 e.